The van der Waals surface area contributed by atoms with Crippen LogP contribution in [0.2, 0.25) is 0 Å². The lowest BCUT2D eigenvalue weighted by Crippen LogP contribution is -2.60. The minimum Gasteiger partial charge on any atom is -0.340 e. The molecule has 1 saturated carbocycles. The number of halogens is 5. The Hall–Kier alpha value is -2.57. The average molecular weight is 708 g/mol. The van der Waals surface area contributed by atoms with Crippen molar-refractivity contribution in [2.45, 2.75) is 106 Å². The molecule has 260 valence electrons. The molecular formula is C35H42ClF4N5O2S. The van der Waals surface area contributed by atoms with E-state index >= 15 is 4.39 Å². The number of carbonyl (C=O) groups excluding carboxylic acids is 2. The smallest absolute Gasteiger partial charge is 0.340 e. The molecule has 1 aromatic rings. The van der Waals surface area contributed by atoms with E-state index in [-0.39, 0.29) is 40.4 Å². The molecule has 6 aliphatic rings. The highest BCUT2D eigenvalue weighted by molar-refractivity contribution is 8.15. The molecule has 1 spiro atoms. The Labute approximate surface area is 288 Å². The number of hydrogen-bond donors (Lipinski definition) is 1. The summed E-state index contributed by atoms with van der Waals surface area (Å²) in [6, 6.07) is 3.54. The van der Waals surface area contributed by atoms with Crippen molar-refractivity contribution in [3.63, 3.8) is 0 Å². The van der Waals surface area contributed by atoms with E-state index in [0.717, 1.165) is 37.9 Å². The summed E-state index contributed by atoms with van der Waals surface area (Å²) in [5.41, 5.74) is -1.19. The van der Waals surface area contributed by atoms with Crippen molar-refractivity contribution in [2.75, 3.05) is 19.6 Å². The summed E-state index contributed by atoms with van der Waals surface area (Å²) in [4.78, 5) is 39.7. The predicted octanol–water partition coefficient (Wildman–Crippen LogP) is 6.44. The Balaban J connectivity index is 1.23. The van der Waals surface area contributed by atoms with Crippen LogP contribution in [0.1, 0.15) is 70.9 Å². The third kappa shape index (κ3) is 5.67. The van der Waals surface area contributed by atoms with Gasteiger partial charge in [-0.1, -0.05) is 55.4 Å². The average Bonchev–Trinajstić information content (AvgIpc) is 3.36. The molecule has 0 aromatic heterocycles. The molecule has 48 heavy (non-hydrogen) atoms. The summed E-state index contributed by atoms with van der Waals surface area (Å²) in [6.07, 6.45) is 2.51. The zero-order chi connectivity index (χ0) is 34.3. The van der Waals surface area contributed by atoms with Crippen LogP contribution in [0, 0.1) is 11.8 Å². The predicted molar refractivity (Wildman–Crippen MR) is 179 cm³/mol. The summed E-state index contributed by atoms with van der Waals surface area (Å²) >= 11 is 7.48. The SMILES string of the molecule is CC(C)C1C(C(=O)N2C(C(=O)N3CCNC4(CC4)C3)CC[C@H]2C)SC2=N[C@@](C)(c3ccc(C(F)(F)F)cc3)[C@@H](C3C=C(F)C(Cl)=CC3)N21. The number of fused-ring (bicyclic) bond motifs is 1. The second kappa shape index (κ2) is 12.0. The van der Waals surface area contributed by atoms with Crippen molar-refractivity contribution in [3.8, 4) is 0 Å². The van der Waals surface area contributed by atoms with Crippen LogP contribution in [-0.4, -0.2) is 86.3 Å². The zero-order valence-electron chi connectivity index (χ0n) is 27.6. The summed E-state index contributed by atoms with van der Waals surface area (Å²) < 4.78 is 55.5. The summed E-state index contributed by atoms with van der Waals surface area (Å²) in [7, 11) is 0. The van der Waals surface area contributed by atoms with Gasteiger partial charge in [0.2, 0.25) is 11.8 Å². The Kier molecular flexibility index (Phi) is 8.50. The number of aliphatic imine (C=N–C) groups is 1. The van der Waals surface area contributed by atoms with Gasteiger partial charge in [0.15, 0.2) is 5.17 Å². The number of allylic oxidation sites excluding steroid dienone is 3. The van der Waals surface area contributed by atoms with E-state index in [1.807, 2.05) is 37.5 Å². The largest absolute Gasteiger partial charge is 0.416 e. The number of benzene rings is 1. The molecule has 4 aliphatic heterocycles. The van der Waals surface area contributed by atoms with Crippen LogP contribution in [-0.2, 0) is 21.3 Å². The van der Waals surface area contributed by atoms with Gasteiger partial charge in [-0.15, -0.1) is 0 Å². The number of amides is 2. The van der Waals surface area contributed by atoms with Gasteiger partial charge >= 0.3 is 6.18 Å². The van der Waals surface area contributed by atoms with Crippen molar-refractivity contribution in [2.24, 2.45) is 16.8 Å². The van der Waals surface area contributed by atoms with E-state index in [9.17, 15) is 22.8 Å². The molecule has 0 bridgehead atoms. The van der Waals surface area contributed by atoms with Crippen LogP contribution in [0.5, 0.6) is 0 Å². The van der Waals surface area contributed by atoms with Gasteiger partial charge in [0.25, 0.3) is 0 Å². The number of alkyl halides is 3. The van der Waals surface area contributed by atoms with Gasteiger partial charge < -0.3 is 20.0 Å². The molecule has 2 amide bonds. The molecule has 7 atom stereocenters. The molecule has 0 radical (unpaired) electrons. The fourth-order valence-electron chi connectivity index (χ4n) is 8.64. The highest BCUT2D eigenvalue weighted by Gasteiger charge is 2.60. The van der Waals surface area contributed by atoms with Gasteiger partial charge in [0.1, 0.15) is 22.7 Å². The molecule has 7 nitrogen and oxygen atoms in total. The first-order valence-corrected chi connectivity index (χ1v) is 18.2. The number of thioether (sulfide) groups is 1. The maximum Gasteiger partial charge on any atom is 0.416 e. The van der Waals surface area contributed by atoms with E-state index in [4.69, 9.17) is 16.6 Å². The van der Waals surface area contributed by atoms with E-state index in [0.29, 0.717) is 36.7 Å². The van der Waals surface area contributed by atoms with Gasteiger partial charge in [-0.25, -0.2) is 9.38 Å². The molecule has 7 rings (SSSR count). The monoisotopic (exact) mass is 707 g/mol. The number of rotatable bonds is 5. The number of nitrogens with zero attached hydrogens (tertiary/aromatic N) is 4. The molecular weight excluding hydrogens is 666 g/mol. The minimum atomic E-state index is -4.49. The van der Waals surface area contributed by atoms with Crippen LogP contribution < -0.4 is 5.32 Å². The van der Waals surface area contributed by atoms with Gasteiger partial charge in [-0.3, -0.25) is 9.59 Å². The van der Waals surface area contributed by atoms with E-state index in [1.54, 1.807) is 6.08 Å². The van der Waals surface area contributed by atoms with Crippen LogP contribution in [0.15, 0.2) is 52.3 Å². The second-order valence-electron chi connectivity index (χ2n) is 14.9. The molecule has 1 N–H and O–H groups in total. The van der Waals surface area contributed by atoms with Crippen molar-refractivity contribution in [3.05, 3.63) is 58.4 Å². The molecule has 4 fully saturated rings. The lowest BCUT2D eigenvalue weighted by atomic mass is 9.75. The normalized spacial score (nSPS) is 34.4. The summed E-state index contributed by atoms with van der Waals surface area (Å²) in [5.74, 6) is -1.09. The topological polar surface area (TPSA) is 68.2 Å². The maximum absolute atomic E-state index is 15.1. The summed E-state index contributed by atoms with van der Waals surface area (Å²) in [6.45, 7) is 10.0. The van der Waals surface area contributed by atoms with Gasteiger partial charge in [0.05, 0.1) is 22.7 Å². The zero-order valence-corrected chi connectivity index (χ0v) is 29.1. The van der Waals surface area contributed by atoms with E-state index in [1.165, 1.54) is 30.0 Å². The van der Waals surface area contributed by atoms with Crippen LogP contribution >= 0.6 is 23.4 Å². The minimum absolute atomic E-state index is 0.0154. The fraction of sp³-hybridized carbons (Fsp3) is 0.629. The Morgan fingerprint density at radius 1 is 1.12 bits per heavy atom. The van der Waals surface area contributed by atoms with Crippen molar-refractivity contribution >= 4 is 40.3 Å². The Morgan fingerprint density at radius 2 is 1.83 bits per heavy atom. The van der Waals surface area contributed by atoms with Crippen LogP contribution in [0.4, 0.5) is 17.6 Å². The van der Waals surface area contributed by atoms with Crippen LogP contribution in [0.3, 0.4) is 0 Å². The van der Waals surface area contributed by atoms with Crippen molar-refractivity contribution < 1.29 is 27.2 Å². The van der Waals surface area contributed by atoms with Gasteiger partial charge in [0, 0.05) is 37.1 Å². The second-order valence-corrected chi connectivity index (χ2v) is 16.4. The number of carbonyl (C=O) groups is 2. The fourth-order valence-corrected chi connectivity index (χ4v) is 10.4. The maximum atomic E-state index is 15.1. The van der Waals surface area contributed by atoms with E-state index in [2.05, 4.69) is 10.2 Å². The van der Waals surface area contributed by atoms with Crippen LogP contribution in [0.25, 0.3) is 0 Å². The number of amidine groups is 1. The lowest BCUT2D eigenvalue weighted by molar-refractivity contribution is -0.146. The van der Waals surface area contributed by atoms with Crippen molar-refractivity contribution in [1.29, 1.82) is 0 Å². The third-order valence-corrected chi connectivity index (χ3v) is 12.9. The van der Waals surface area contributed by atoms with Crippen molar-refractivity contribution in [1.82, 2.24) is 20.0 Å². The molecule has 2 aliphatic carbocycles. The number of piperazine rings is 1. The molecule has 13 heteroatoms. The Bertz CT molecular complexity index is 1580. The third-order valence-electron chi connectivity index (χ3n) is 11.3. The first kappa shape index (κ1) is 33.9. The quantitative estimate of drug-likeness (QED) is 0.357. The highest BCUT2D eigenvalue weighted by Crippen LogP contribution is 2.53. The number of likely N-dealkylation sites (tertiary alicyclic amines) is 1. The first-order chi connectivity index (χ1) is 22.6. The number of hydrogen-bond acceptors (Lipinski definition) is 6. The first-order valence-electron chi connectivity index (χ1n) is 17.0. The Morgan fingerprint density at radius 3 is 2.46 bits per heavy atom. The standard InChI is InChI=1S/C35H42ClF4N5O2S/c1-19(2)27-28(31(47)44-20(3)5-12-26(44)30(46)43-16-15-41-34(18-43)13-14-34)48-32-42-33(4,22-7-9-23(10-8-22)35(38,39)40)29(45(27)32)21-6-11-24(36)25(37)17-21/h7-11,17,19-21,26-29,41H,5-6,12-16,18H2,1-4H3/t20-,21?,26?,27?,28?,29-,33+/m1/s1. The summed E-state index contributed by atoms with van der Waals surface area (Å²) in [5, 5.41) is 3.63. The number of nitrogens with one attached hydrogen (secondary N) is 1. The molecule has 3 saturated heterocycles. The highest BCUT2D eigenvalue weighted by atomic mass is 35.5. The van der Waals surface area contributed by atoms with Gasteiger partial charge in [-0.2, -0.15) is 13.2 Å². The van der Waals surface area contributed by atoms with E-state index < -0.39 is 46.4 Å². The molecule has 4 unspecified atom stereocenters. The van der Waals surface area contributed by atoms with Gasteiger partial charge in [-0.05, 0) is 75.6 Å². The lowest BCUT2D eigenvalue weighted by Gasteiger charge is -2.44. The molecule has 1 aromatic carbocycles. The molecule has 4 heterocycles.